The molecule has 56 heavy (non-hydrogen) atoms. The van der Waals surface area contributed by atoms with E-state index in [0.717, 1.165) is 21.5 Å². The second kappa shape index (κ2) is 17.4. The Hall–Kier alpha value is -3.71. The van der Waals surface area contributed by atoms with Crippen LogP contribution in [0, 0.1) is 0 Å². The zero-order valence-corrected chi connectivity index (χ0v) is 34.1. The molecule has 3 aliphatic rings. The molecular formula is C46H56O9Si. The van der Waals surface area contributed by atoms with Gasteiger partial charge in [0.2, 0.25) is 0 Å². The van der Waals surface area contributed by atoms with Gasteiger partial charge in [-0.15, -0.1) is 0 Å². The average molecular weight is 781 g/mol. The summed E-state index contributed by atoms with van der Waals surface area (Å²) in [5, 5.41) is 13.8. The summed E-state index contributed by atoms with van der Waals surface area (Å²) in [6.45, 7) is 11.2. The van der Waals surface area contributed by atoms with Gasteiger partial charge in [-0.3, -0.25) is 4.79 Å². The first-order valence-electron chi connectivity index (χ1n) is 19.8. The lowest BCUT2D eigenvalue weighted by molar-refractivity contribution is -0.350. The topological polar surface area (TPSA) is 102 Å². The van der Waals surface area contributed by atoms with Crippen LogP contribution in [0.25, 0.3) is 0 Å². The third-order valence-electron chi connectivity index (χ3n) is 11.5. The maximum absolute atomic E-state index is 12.8. The summed E-state index contributed by atoms with van der Waals surface area (Å²) < 4.78 is 46.7. The fraction of sp³-hybridized carbons (Fsp3) is 0.457. The standard InChI is InChI=1S/C46H56O9Si/c1-32(47)52-43-42-39(26-38(50-29-34-20-12-7-13-21-34)41(53-42)30-49-28-33-18-10-6-11-19-33)55-46(5)27-37(48)40(54-44(43)46)31-51-56(45(2,3)4,35-22-14-8-15-23-35)36-24-16-9-17-25-36/h6-25,37-44,48H,26-31H2,1-5H3/t37-,38+,39-,40+,41-,42-,43+,44-,46+/m1/s1. The largest absolute Gasteiger partial charge is 0.457 e. The molecule has 0 saturated carbocycles. The quantitative estimate of drug-likeness (QED) is 0.127. The molecule has 3 saturated heterocycles. The van der Waals surface area contributed by atoms with Crippen LogP contribution in [0.5, 0.6) is 0 Å². The lowest BCUT2D eigenvalue weighted by Gasteiger charge is -2.58. The number of hydrogen-bond acceptors (Lipinski definition) is 9. The molecule has 9 atom stereocenters. The third kappa shape index (κ3) is 8.73. The highest BCUT2D eigenvalue weighted by atomic mass is 28.4. The zero-order chi connectivity index (χ0) is 39.3. The molecule has 0 aliphatic carbocycles. The van der Waals surface area contributed by atoms with Crippen molar-refractivity contribution in [1.29, 1.82) is 0 Å². The molecule has 3 heterocycles. The van der Waals surface area contributed by atoms with Crippen LogP contribution in [0.1, 0.15) is 58.6 Å². The van der Waals surface area contributed by atoms with Crippen LogP contribution in [0.2, 0.25) is 5.04 Å². The first-order valence-corrected chi connectivity index (χ1v) is 21.7. The molecule has 4 aromatic carbocycles. The summed E-state index contributed by atoms with van der Waals surface area (Å²) in [4.78, 5) is 12.8. The van der Waals surface area contributed by atoms with E-state index in [1.54, 1.807) is 0 Å². The van der Waals surface area contributed by atoms with E-state index < -0.39 is 62.6 Å². The Bertz CT molecular complexity index is 1800. The maximum Gasteiger partial charge on any atom is 0.303 e. The van der Waals surface area contributed by atoms with Crippen molar-refractivity contribution in [3.63, 3.8) is 0 Å². The number of rotatable bonds is 13. The van der Waals surface area contributed by atoms with Gasteiger partial charge < -0.3 is 38.0 Å². The van der Waals surface area contributed by atoms with Crippen LogP contribution < -0.4 is 10.4 Å². The van der Waals surface area contributed by atoms with Crippen molar-refractivity contribution in [2.45, 2.75) is 120 Å². The van der Waals surface area contributed by atoms with Crippen LogP contribution in [0.3, 0.4) is 0 Å². The molecule has 10 heteroatoms. The normalized spacial score (nSPS) is 29.2. The smallest absolute Gasteiger partial charge is 0.303 e. The molecule has 0 radical (unpaired) electrons. The first kappa shape index (κ1) is 40.5. The van der Waals surface area contributed by atoms with Crippen LogP contribution in [-0.4, -0.2) is 87.0 Å². The van der Waals surface area contributed by atoms with Crippen LogP contribution in [0.4, 0.5) is 0 Å². The predicted molar refractivity (Wildman–Crippen MR) is 216 cm³/mol. The van der Waals surface area contributed by atoms with E-state index in [9.17, 15) is 9.90 Å². The van der Waals surface area contributed by atoms with E-state index in [1.807, 2.05) is 104 Å². The lowest BCUT2D eigenvalue weighted by atomic mass is 9.77. The second-order valence-electron chi connectivity index (χ2n) is 16.6. The summed E-state index contributed by atoms with van der Waals surface area (Å²) in [7, 11) is -2.94. The van der Waals surface area contributed by atoms with Crippen molar-refractivity contribution in [3.8, 4) is 0 Å². The highest BCUT2D eigenvalue weighted by Gasteiger charge is 2.62. The van der Waals surface area contributed by atoms with Gasteiger partial charge >= 0.3 is 5.97 Å². The highest BCUT2D eigenvalue weighted by Crippen LogP contribution is 2.46. The van der Waals surface area contributed by atoms with Gasteiger partial charge in [-0.2, -0.15) is 0 Å². The van der Waals surface area contributed by atoms with Gasteiger partial charge in [-0.1, -0.05) is 142 Å². The molecule has 1 N–H and O–H groups in total. The Balaban J connectivity index is 1.14. The molecule has 298 valence electrons. The molecule has 0 aromatic heterocycles. The van der Waals surface area contributed by atoms with E-state index in [2.05, 4.69) is 45.0 Å². The molecule has 0 unspecified atom stereocenters. The Morgan fingerprint density at radius 3 is 1.89 bits per heavy atom. The number of carbonyl (C=O) groups excluding carboxylic acids is 1. The molecule has 0 amide bonds. The molecule has 0 bridgehead atoms. The maximum atomic E-state index is 12.8. The molecule has 9 nitrogen and oxygen atoms in total. The number of esters is 1. The molecule has 3 aliphatic heterocycles. The predicted octanol–water partition coefficient (Wildman–Crippen LogP) is 6.13. The van der Waals surface area contributed by atoms with Crippen LogP contribution >= 0.6 is 0 Å². The second-order valence-corrected chi connectivity index (χ2v) is 20.9. The SMILES string of the molecule is CC(=O)O[C@H]1[C@@H]2O[C@H](COCc3ccccc3)[C@@H](OCc3ccccc3)C[C@H]2O[C@@]2(C)C[C@@H](O)[C@H](CO[Si](c3ccccc3)(c3ccccc3)C(C)(C)C)O[C@H]12. The number of aliphatic hydroxyl groups excluding tert-OH is 1. The summed E-state index contributed by atoms with van der Waals surface area (Å²) in [5.74, 6) is -0.448. The number of aliphatic hydroxyl groups is 1. The molecule has 7 rings (SSSR count). The van der Waals surface area contributed by atoms with Gasteiger partial charge in [0.1, 0.15) is 24.4 Å². The van der Waals surface area contributed by atoms with E-state index in [4.69, 9.17) is 32.8 Å². The van der Waals surface area contributed by atoms with Gasteiger partial charge in [0.05, 0.1) is 50.3 Å². The minimum absolute atomic E-state index is 0.133. The number of fused-ring (bicyclic) bond motifs is 2. The van der Waals surface area contributed by atoms with E-state index in [1.165, 1.54) is 6.92 Å². The fourth-order valence-electron chi connectivity index (χ4n) is 8.85. The van der Waals surface area contributed by atoms with Gasteiger partial charge in [0.25, 0.3) is 8.32 Å². The van der Waals surface area contributed by atoms with Crippen molar-refractivity contribution in [2.24, 2.45) is 0 Å². The zero-order valence-electron chi connectivity index (χ0n) is 33.1. The van der Waals surface area contributed by atoms with Crippen LogP contribution in [-0.2, 0) is 50.9 Å². The molecule has 3 fully saturated rings. The van der Waals surface area contributed by atoms with Gasteiger partial charge in [0.15, 0.2) is 6.10 Å². The van der Waals surface area contributed by atoms with Crippen molar-refractivity contribution in [3.05, 3.63) is 132 Å². The first-order chi connectivity index (χ1) is 27.0. The monoisotopic (exact) mass is 780 g/mol. The van der Waals surface area contributed by atoms with Gasteiger partial charge in [-0.25, -0.2) is 0 Å². The minimum atomic E-state index is -2.94. The summed E-state index contributed by atoms with van der Waals surface area (Å²) in [6.07, 6.45) is -4.44. The average Bonchev–Trinajstić information content (AvgIpc) is 3.18. The number of benzene rings is 4. The van der Waals surface area contributed by atoms with E-state index >= 15 is 0 Å². The number of carbonyl (C=O) groups is 1. The molecular weight excluding hydrogens is 725 g/mol. The number of hydrogen-bond donors (Lipinski definition) is 1. The Labute approximate surface area is 332 Å². The van der Waals surface area contributed by atoms with Crippen molar-refractivity contribution >= 4 is 24.7 Å². The molecule has 0 spiro atoms. The minimum Gasteiger partial charge on any atom is -0.457 e. The van der Waals surface area contributed by atoms with Crippen molar-refractivity contribution in [1.82, 2.24) is 0 Å². The van der Waals surface area contributed by atoms with Gasteiger partial charge in [0, 0.05) is 19.8 Å². The number of ether oxygens (including phenoxy) is 6. The Morgan fingerprint density at radius 1 is 0.786 bits per heavy atom. The fourth-order valence-corrected chi connectivity index (χ4v) is 13.4. The van der Waals surface area contributed by atoms with Gasteiger partial charge in [-0.05, 0) is 33.5 Å². The highest BCUT2D eigenvalue weighted by molar-refractivity contribution is 6.99. The van der Waals surface area contributed by atoms with E-state index in [-0.39, 0.29) is 30.8 Å². The molecule has 4 aromatic rings. The summed E-state index contributed by atoms with van der Waals surface area (Å²) in [6, 6.07) is 40.8. The summed E-state index contributed by atoms with van der Waals surface area (Å²) >= 11 is 0. The van der Waals surface area contributed by atoms with Crippen molar-refractivity contribution in [2.75, 3.05) is 13.2 Å². The van der Waals surface area contributed by atoms with Crippen LogP contribution in [0.15, 0.2) is 121 Å². The van der Waals surface area contributed by atoms with E-state index in [0.29, 0.717) is 19.6 Å². The lowest BCUT2D eigenvalue weighted by Crippen LogP contribution is -2.73. The third-order valence-corrected chi connectivity index (χ3v) is 16.5. The summed E-state index contributed by atoms with van der Waals surface area (Å²) in [5.41, 5.74) is 1.11. The Kier molecular flexibility index (Phi) is 12.6. The Morgan fingerprint density at radius 2 is 1.34 bits per heavy atom. The van der Waals surface area contributed by atoms with Crippen molar-refractivity contribution < 1.29 is 42.7 Å².